The molecule has 1 aliphatic heterocycles. The number of nitrogens with zero attached hydrogens (tertiary/aromatic N) is 5. The molecule has 3 heterocycles. The van der Waals surface area contributed by atoms with Crippen LogP contribution in [0.1, 0.15) is 57.5 Å². The third-order valence-electron chi connectivity index (χ3n) is 7.12. The van der Waals surface area contributed by atoms with E-state index in [1.807, 2.05) is 6.92 Å². The van der Waals surface area contributed by atoms with Crippen LogP contribution in [0.25, 0.3) is 0 Å². The minimum atomic E-state index is -0.820. The fraction of sp³-hybridized carbons (Fsp3) is 0.483. The lowest BCUT2D eigenvalue weighted by molar-refractivity contribution is -0.157. The first kappa shape index (κ1) is 30.4. The van der Waals surface area contributed by atoms with Crippen molar-refractivity contribution in [1.29, 1.82) is 0 Å². The maximum Gasteiger partial charge on any atom is 0.435 e. The van der Waals surface area contributed by atoms with Crippen molar-refractivity contribution in [3.63, 3.8) is 0 Å². The van der Waals surface area contributed by atoms with E-state index in [9.17, 15) is 14.0 Å². The van der Waals surface area contributed by atoms with Crippen LogP contribution in [0.2, 0.25) is 5.02 Å². The minimum Gasteiger partial charge on any atom is -0.469 e. The molecule has 10 nitrogen and oxygen atoms in total. The Hall–Kier alpha value is -3.57. The van der Waals surface area contributed by atoms with Crippen molar-refractivity contribution in [2.45, 2.75) is 72.1 Å². The van der Waals surface area contributed by atoms with Crippen LogP contribution in [0.4, 0.5) is 20.8 Å². The topological polar surface area (TPSA) is 111 Å². The van der Waals surface area contributed by atoms with Crippen molar-refractivity contribution in [3.8, 4) is 0 Å². The monoisotopic (exact) mass is 586 g/mol. The van der Waals surface area contributed by atoms with Gasteiger partial charge in [0.2, 0.25) is 0 Å². The van der Waals surface area contributed by atoms with Gasteiger partial charge in [0.15, 0.2) is 5.82 Å². The Kier molecular flexibility index (Phi) is 8.98. The molecule has 1 N–H and O–H groups in total. The number of piperidine rings is 1. The highest BCUT2D eigenvalue weighted by atomic mass is 35.5. The van der Waals surface area contributed by atoms with E-state index in [4.69, 9.17) is 21.1 Å². The van der Waals surface area contributed by atoms with E-state index in [0.717, 1.165) is 0 Å². The molecule has 220 valence electrons. The maximum atomic E-state index is 14.5. The number of carbonyl (C=O) groups excluding carboxylic acids is 2. The Morgan fingerprint density at radius 3 is 2.68 bits per heavy atom. The number of methoxy groups -OCH3 is 1. The number of halogens is 2. The number of benzene rings is 1. The summed E-state index contributed by atoms with van der Waals surface area (Å²) in [5, 5.41) is 7.48. The Labute approximate surface area is 244 Å². The number of hydrogen-bond acceptors (Lipinski definition) is 9. The van der Waals surface area contributed by atoms with Crippen LogP contribution in [0, 0.1) is 18.2 Å². The van der Waals surface area contributed by atoms with Gasteiger partial charge < -0.3 is 14.8 Å². The molecule has 0 bridgehead atoms. The molecule has 1 fully saturated rings. The Morgan fingerprint density at radius 1 is 1.24 bits per heavy atom. The predicted molar refractivity (Wildman–Crippen MR) is 153 cm³/mol. The molecule has 1 aromatic carbocycles. The third-order valence-corrected chi connectivity index (χ3v) is 7.42. The van der Waals surface area contributed by atoms with Crippen LogP contribution >= 0.6 is 11.6 Å². The average molecular weight is 587 g/mol. The summed E-state index contributed by atoms with van der Waals surface area (Å²) >= 11 is 5.97. The fourth-order valence-electron chi connectivity index (χ4n) is 5.19. The summed E-state index contributed by atoms with van der Waals surface area (Å²) in [5.74, 6) is 0.0812. The highest BCUT2D eigenvalue weighted by Gasteiger charge is 2.45. The SMILES string of the molecule is COC(=O)C1(Cc2cncc(Nc3cc(C)n(C(=O)OC(C)(C)C)n3)n2)CCN(Cc2cccc(Cl)c2F)C(C)C1. The number of likely N-dealkylation sites (tertiary alicyclic amines) is 1. The Morgan fingerprint density at radius 2 is 2.00 bits per heavy atom. The van der Waals surface area contributed by atoms with Crippen molar-refractivity contribution in [3.05, 3.63) is 64.5 Å². The number of aryl methyl sites for hydroxylation is 1. The van der Waals surface area contributed by atoms with Crippen molar-refractivity contribution in [2.75, 3.05) is 19.0 Å². The summed E-state index contributed by atoms with van der Waals surface area (Å²) in [5.41, 5.74) is 0.236. The molecule has 0 saturated carbocycles. The van der Waals surface area contributed by atoms with Crippen LogP contribution in [0.5, 0.6) is 0 Å². The van der Waals surface area contributed by atoms with Crippen LogP contribution in [-0.4, -0.2) is 62.0 Å². The first-order valence-electron chi connectivity index (χ1n) is 13.4. The zero-order valence-corrected chi connectivity index (χ0v) is 25.0. The van der Waals surface area contributed by atoms with Gasteiger partial charge in [0.05, 0.1) is 29.4 Å². The lowest BCUT2D eigenvalue weighted by Gasteiger charge is -2.44. The smallest absolute Gasteiger partial charge is 0.435 e. The molecule has 0 radical (unpaired) electrons. The number of anilines is 2. The number of aromatic nitrogens is 4. The minimum absolute atomic E-state index is 0.0321. The largest absolute Gasteiger partial charge is 0.469 e. The third kappa shape index (κ3) is 7.20. The van der Waals surface area contributed by atoms with Gasteiger partial charge >= 0.3 is 12.1 Å². The molecule has 41 heavy (non-hydrogen) atoms. The summed E-state index contributed by atoms with van der Waals surface area (Å²) in [6.45, 7) is 10.1. The van der Waals surface area contributed by atoms with Gasteiger partial charge in [0.25, 0.3) is 0 Å². The molecule has 0 spiro atoms. The van der Waals surface area contributed by atoms with Crippen LogP contribution in [-0.2, 0) is 27.2 Å². The van der Waals surface area contributed by atoms with E-state index in [0.29, 0.717) is 60.9 Å². The first-order chi connectivity index (χ1) is 19.3. The molecule has 1 saturated heterocycles. The van der Waals surface area contributed by atoms with Crippen molar-refractivity contribution < 1.29 is 23.5 Å². The summed E-state index contributed by atoms with van der Waals surface area (Å²) in [4.78, 5) is 36.8. The second kappa shape index (κ2) is 12.1. The zero-order valence-electron chi connectivity index (χ0n) is 24.2. The number of ether oxygens (including phenoxy) is 2. The molecule has 2 atom stereocenters. The Bertz CT molecular complexity index is 1420. The van der Waals surface area contributed by atoms with E-state index >= 15 is 0 Å². The predicted octanol–water partition coefficient (Wildman–Crippen LogP) is 5.69. The van der Waals surface area contributed by atoms with Gasteiger partial charge in [-0.1, -0.05) is 23.7 Å². The standard InChI is InChI=1S/C29H36ClFN6O4/c1-18-12-23(35-37(18)27(39)41-28(3,4)5)34-24-16-32-15-21(33-24)14-29(26(38)40-6)10-11-36(19(2)13-29)17-20-8-7-9-22(30)25(20)31/h7-9,12,15-16,19H,10-11,13-14,17H2,1-6H3,(H,33,34,35). The number of carbonyl (C=O) groups is 2. The molecule has 1 aliphatic rings. The highest BCUT2D eigenvalue weighted by Crippen LogP contribution is 2.40. The number of esters is 1. The molecular weight excluding hydrogens is 551 g/mol. The normalized spacial score (nSPS) is 19.6. The van der Waals surface area contributed by atoms with E-state index in [1.165, 1.54) is 17.9 Å². The van der Waals surface area contributed by atoms with Gasteiger partial charge in [0, 0.05) is 42.5 Å². The molecule has 0 amide bonds. The van der Waals surface area contributed by atoms with Crippen molar-refractivity contribution in [2.24, 2.45) is 5.41 Å². The molecule has 2 aromatic heterocycles. The zero-order chi connectivity index (χ0) is 29.9. The van der Waals surface area contributed by atoms with Gasteiger partial charge in [0.1, 0.15) is 17.2 Å². The Balaban J connectivity index is 1.49. The molecule has 12 heteroatoms. The van der Waals surface area contributed by atoms with Crippen LogP contribution in [0.15, 0.2) is 36.7 Å². The molecule has 3 aromatic rings. The lowest BCUT2D eigenvalue weighted by Crippen LogP contribution is -2.50. The van der Waals surface area contributed by atoms with Crippen LogP contribution in [0.3, 0.4) is 0 Å². The summed E-state index contributed by atoms with van der Waals surface area (Å²) in [6.07, 6.45) is 3.91. The van der Waals surface area contributed by atoms with Gasteiger partial charge in [-0.05, 0) is 60.1 Å². The first-order valence-corrected chi connectivity index (χ1v) is 13.8. The van der Waals surface area contributed by atoms with E-state index in [2.05, 4.69) is 25.3 Å². The van der Waals surface area contributed by atoms with Gasteiger partial charge in [-0.3, -0.25) is 14.7 Å². The second-order valence-electron chi connectivity index (χ2n) is 11.5. The molecule has 2 unspecified atom stereocenters. The van der Waals surface area contributed by atoms with Gasteiger partial charge in [-0.2, -0.15) is 4.68 Å². The summed E-state index contributed by atoms with van der Waals surface area (Å²) < 4.78 is 26.4. The highest BCUT2D eigenvalue weighted by molar-refractivity contribution is 6.30. The van der Waals surface area contributed by atoms with Crippen molar-refractivity contribution in [1.82, 2.24) is 24.6 Å². The molecule has 0 aliphatic carbocycles. The summed E-state index contributed by atoms with van der Waals surface area (Å²) in [7, 11) is 1.38. The number of hydrogen-bond donors (Lipinski definition) is 1. The number of rotatable bonds is 7. The quantitative estimate of drug-likeness (QED) is 0.349. The maximum absolute atomic E-state index is 14.5. The average Bonchev–Trinajstić information content (AvgIpc) is 3.26. The second-order valence-corrected chi connectivity index (χ2v) is 11.9. The summed E-state index contributed by atoms with van der Waals surface area (Å²) in [6, 6.07) is 6.66. The van der Waals surface area contributed by atoms with Gasteiger partial charge in [-0.15, -0.1) is 5.10 Å². The molecule has 4 rings (SSSR count). The van der Waals surface area contributed by atoms with Crippen LogP contribution < -0.4 is 5.32 Å². The van der Waals surface area contributed by atoms with Gasteiger partial charge in [-0.25, -0.2) is 14.2 Å². The molecular formula is C29H36ClFN6O4. The van der Waals surface area contributed by atoms with E-state index in [1.54, 1.807) is 58.3 Å². The van der Waals surface area contributed by atoms with Crippen molar-refractivity contribution >= 4 is 35.3 Å². The fourth-order valence-corrected chi connectivity index (χ4v) is 5.38. The van der Waals surface area contributed by atoms with E-state index in [-0.39, 0.29) is 17.0 Å². The number of nitrogens with one attached hydrogen (secondary N) is 1. The lowest BCUT2D eigenvalue weighted by atomic mass is 9.72. The van der Waals surface area contributed by atoms with E-state index < -0.39 is 22.9 Å².